The molecule has 0 radical (unpaired) electrons. The molecular formula is C17H19FN4O2S. The zero-order valence-electron chi connectivity index (χ0n) is 13.7. The zero-order chi connectivity index (χ0) is 18.4. The number of thioether (sulfide) groups is 1. The number of hydrogen-bond donors (Lipinski definition) is 3. The Bertz CT molecular complexity index is 727. The van der Waals surface area contributed by atoms with Gasteiger partial charge in [-0.05, 0) is 24.1 Å². The predicted molar refractivity (Wildman–Crippen MR) is 93.8 cm³/mol. The number of halogens is 1. The number of imide groups is 1. The first-order chi connectivity index (χ1) is 12.0. The van der Waals surface area contributed by atoms with E-state index in [1.807, 2.05) is 13.0 Å². The van der Waals surface area contributed by atoms with E-state index >= 15 is 0 Å². The fraction of sp³-hybridized carbons (Fsp3) is 0.353. The number of urea groups is 1. The van der Waals surface area contributed by atoms with Gasteiger partial charge in [-0.15, -0.1) is 0 Å². The molecule has 0 bridgehead atoms. The van der Waals surface area contributed by atoms with Crippen LogP contribution >= 0.6 is 11.8 Å². The molecule has 1 aliphatic rings. The van der Waals surface area contributed by atoms with Gasteiger partial charge in [0, 0.05) is 12.5 Å². The van der Waals surface area contributed by atoms with Crippen LogP contribution in [0.2, 0.25) is 0 Å². The van der Waals surface area contributed by atoms with Gasteiger partial charge in [0.25, 0.3) is 0 Å². The highest BCUT2D eigenvalue weighted by Gasteiger charge is 2.41. The summed E-state index contributed by atoms with van der Waals surface area (Å²) in [5, 5.41) is 13.7. The Balaban J connectivity index is 2.16. The number of nitrogens with one attached hydrogen (secondary N) is 2. The van der Waals surface area contributed by atoms with Gasteiger partial charge in [-0.3, -0.25) is 10.1 Å². The normalized spacial score (nSPS) is 19.4. The van der Waals surface area contributed by atoms with Gasteiger partial charge in [0.05, 0.1) is 16.7 Å². The summed E-state index contributed by atoms with van der Waals surface area (Å²) in [6.45, 7) is 2.46. The minimum atomic E-state index is -0.767. The van der Waals surface area contributed by atoms with Gasteiger partial charge in [0.1, 0.15) is 11.1 Å². The molecule has 4 N–H and O–H groups in total. The topological polar surface area (TPSA) is 108 Å². The average Bonchev–Trinajstić information content (AvgIpc) is 2.92. The van der Waals surface area contributed by atoms with Gasteiger partial charge in [-0.1, -0.05) is 37.2 Å². The fourth-order valence-corrected chi connectivity index (χ4v) is 3.69. The van der Waals surface area contributed by atoms with Crippen molar-refractivity contribution in [1.82, 2.24) is 10.6 Å². The van der Waals surface area contributed by atoms with Crippen molar-refractivity contribution < 1.29 is 14.0 Å². The number of nitriles is 1. The second-order valence-corrected chi connectivity index (χ2v) is 6.74. The van der Waals surface area contributed by atoms with Gasteiger partial charge in [0.2, 0.25) is 5.91 Å². The molecule has 1 aliphatic heterocycles. The Morgan fingerprint density at radius 2 is 2.04 bits per heavy atom. The molecule has 3 amide bonds. The molecule has 6 nitrogen and oxygen atoms in total. The second-order valence-electron chi connectivity index (χ2n) is 5.56. The van der Waals surface area contributed by atoms with Crippen molar-refractivity contribution in [3.8, 4) is 6.07 Å². The molecule has 0 aliphatic carbocycles. The number of hydrogen-bond acceptors (Lipinski definition) is 5. The first-order valence-corrected chi connectivity index (χ1v) is 8.76. The maximum atomic E-state index is 13.2. The van der Waals surface area contributed by atoms with Crippen molar-refractivity contribution in [1.29, 1.82) is 5.26 Å². The molecule has 2 rings (SSSR count). The van der Waals surface area contributed by atoms with Crippen LogP contribution in [0.4, 0.5) is 9.18 Å². The lowest BCUT2D eigenvalue weighted by Crippen LogP contribution is -2.44. The summed E-state index contributed by atoms with van der Waals surface area (Å²) in [6.07, 6.45) is 1.73. The molecule has 0 fully saturated rings. The molecular weight excluding hydrogens is 343 g/mol. The van der Waals surface area contributed by atoms with Crippen molar-refractivity contribution in [3.05, 3.63) is 46.2 Å². The van der Waals surface area contributed by atoms with E-state index in [0.29, 0.717) is 12.1 Å². The Morgan fingerprint density at radius 1 is 1.36 bits per heavy atom. The summed E-state index contributed by atoms with van der Waals surface area (Å²) >= 11 is 1.03. The number of nitrogens with zero attached hydrogens (tertiary/aromatic N) is 1. The van der Waals surface area contributed by atoms with Crippen LogP contribution in [0.15, 0.2) is 34.9 Å². The summed E-state index contributed by atoms with van der Waals surface area (Å²) in [5.41, 5.74) is 6.72. The van der Waals surface area contributed by atoms with Crippen LogP contribution in [-0.4, -0.2) is 23.7 Å². The van der Waals surface area contributed by atoms with Crippen LogP contribution in [0.5, 0.6) is 0 Å². The van der Waals surface area contributed by atoms with Crippen molar-refractivity contribution in [3.63, 3.8) is 0 Å². The van der Waals surface area contributed by atoms with E-state index in [4.69, 9.17) is 5.73 Å². The number of carbonyl (C=O) groups is 2. The third-order valence-electron chi connectivity index (χ3n) is 3.79. The Labute approximate surface area is 149 Å². The average molecular weight is 362 g/mol. The van der Waals surface area contributed by atoms with E-state index < -0.39 is 28.9 Å². The number of allylic oxidation sites excluding steroid dienone is 1. The lowest BCUT2D eigenvalue weighted by atomic mass is 9.89. The van der Waals surface area contributed by atoms with E-state index in [0.717, 1.165) is 24.6 Å². The Kier molecular flexibility index (Phi) is 6.42. The van der Waals surface area contributed by atoms with Crippen molar-refractivity contribution in [2.45, 2.75) is 30.9 Å². The quantitative estimate of drug-likeness (QED) is 0.697. The van der Waals surface area contributed by atoms with Gasteiger partial charge in [0.15, 0.2) is 0 Å². The molecule has 0 saturated heterocycles. The summed E-state index contributed by atoms with van der Waals surface area (Å²) in [7, 11) is 0. The van der Waals surface area contributed by atoms with Gasteiger partial charge in [-0.25, -0.2) is 9.18 Å². The number of rotatable bonds is 5. The lowest BCUT2D eigenvalue weighted by Gasteiger charge is -2.19. The molecule has 1 aromatic rings. The summed E-state index contributed by atoms with van der Waals surface area (Å²) in [6, 6.07) is 6.98. The van der Waals surface area contributed by atoms with Crippen LogP contribution in [0.3, 0.4) is 0 Å². The highest BCUT2D eigenvalue weighted by molar-refractivity contribution is 8.04. The molecule has 0 saturated carbocycles. The van der Waals surface area contributed by atoms with Crippen molar-refractivity contribution in [2.24, 2.45) is 5.73 Å². The fourth-order valence-electron chi connectivity index (χ4n) is 2.52. The predicted octanol–water partition coefficient (Wildman–Crippen LogP) is 2.34. The van der Waals surface area contributed by atoms with Gasteiger partial charge < -0.3 is 11.1 Å². The lowest BCUT2D eigenvalue weighted by molar-refractivity contribution is -0.119. The molecule has 0 spiro atoms. The number of unbranched alkanes of at least 4 members (excludes halogenated alkanes) is 1. The maximum Gasteiger partial charge on any atom is 0.321 e. The highest BCUT2D eigenvalue weighted by Crippen LogP contribution is 2.45. The minimum Gasteiger partial charge on any atom is -0.393 e. The number of benzene rings is 1. The third kappa shape index (κ3) is 4.51. The molecule has 1 aromatic carbocycles. The van der Waals surface area contributed by atoms with Crippen LogP contribution < -0.4 is 16.4 Å². The van der Waals surface area contributed by atoms with Crippen LogP contribution in [0, 0.1) is 17.1 Å². The van der Waals surface area contributed by atoms with E-state index in [1.54, 1.807) is 0 Å². The van der Waals surface area contributed by atoms with E-state index in [2.05, 4.69) is 10.6 Å². The molecule has 8 heteroatoms. The monoisotopic (exact) mass is 362 g/mol. The van der Waals surface area contributed by atoms with Crippen molar-refractivity contribution in [2.75, 3.05) is 6.54 Å². The van der Waals surface area contributed by atoms with Crippen LogP contribution in [-0.2, 0) is 4.79 Å². The standard InChI is InChI=1S/C17H19FN4O2S/c1-2-3-8-21-17(24)22-16(23)14-13(12(9-19)15(20)25-14)10-4-6-11(18)7-5-10/h4-7,13-14H,2-3,8,20H2,1H3,(H2,21,22,23,24). The smallest absolute Gasteiger partial charge is 0.321 e. The van der Waals surface area contributed by atoms with E-state index in [9.17, 15) is 19.2 Å². The number of carbonyl (C=O) groups excluding carboxylic acids is 2. The SMILES string of the molecule is CCCCNC(=O)NC(=O)C1SC(N)=C(C#N)C1c1ccc(F)cc1. The molecule has 2 unspecified atom stereocenters. The van der Waals surface area contributed by atoms with Gasteiger partial charge >= 0.3 is 6.03 Å². The van der Waals surface area contributed by atoms with Crippen molar-refractivity contribution >= 4 is 23.7 Å². The minimum absolute atomic E-state index is 0.239. The molecule has 2 atom stereocenters. The molecule has 132 valence electrons. The first-order valence-electron chi connectivity index (χ1n) is 7.88. The summed E-state index contributed by atoms with van der Waals surface area (Å²) in [4.78, 5) is 24.3. The number of nitrogens with two attached hydrogens (primary N) is 1. The van der Waals surface area contributed by atoms with E-state index in [-0.39, 0.29) is 10.6 Å². The first kappa shape index (κ1) is 18.8. The zero-order valence-corrected chi connectivity index (χ0v) is 14.5. The molecule has 0 aromatic heterocycles. The van der Waals surface area contributed by atoms with Crippen LogP contribution in [0.1, 0.15) is 31.2 Å². The molecule has 25 heavy (non-hydrogen) atoms. The summed E-state index contributed by atoms with van der Waals surface area (Å²) in [5.74, 6) is -1.58. The van der Waals surface area contributed by atoms with Crippen LogP contribution in [0.25, 0.3) is 0 Å². The highest BCUT2D eigenvalue weighted by atomic mass is 32.2. The Hall–Kier alpha value is -2.53. The van der Waals surface area contributed by atoms with E-state index in [1.165, 1.54) is 24.3 Å². The van der Waals surface area contributed by atoms with Gasteiger partial charge in [-0.2, -0.15) is 5.26 Å². The number of amides is 3. The summed E-state index contributed by atoms with van der Waals surface area (Å²) < 4.78 is 13.2. The second kappa shape index (κ2) is 8.53. The largest absolute Gasteiger partial charge is 0.393 e. The molecule has 1 heterocycles. The maximum absolute atomic E-state index is 13.2. The third-order valence-corrected chi connectivity index (χ3v) is 5.01. The Morgan fingerprint density at radius 3 is 2.64 bits per heavy atom.